The van der Waals surface area contributed by atoms with Crippen molar-refractivity contribution in [2.45, 2.75) is 12.8 Å². The third-order valence-corrected chi connectivity index (χ3v) is 3.97. The molecule has 0 fully saturated rings. The van der Waals surface area contributed by atoms with Crippen molar-refractivity contribution >= 4 is 17.3 Å². The Morgan fingerprint density at radius 3 is 3.09 bits per heavy atom. The fourth-order valence-corrected chi connectivity index (χ4v) is 2.79. The van der Waals surface area contributed by atoms with Gasteiger partial charge in [-0.15, -0.1) is 0 Å². The molecule has 0 saturated carbocycles. The Hall–Kier alpha value is -2.40. The molecule has 0 aliphatic carbocycles. The number of hydrogen-bond donors (Lipinski definition) is 1. The molecule has 1 aliphatic heterocycles. The summed E-state index contributed by atoms with van der Waals surface area (Å²) in [4.78, 5) is 18.8. The molecule has 1 aliphatic rings. The smallest absolute Gasteiger partial charge is 0.276 e. The lowest BCUT2D eigenvalue weighted by atomic mass is 10.2. The van der Waals surface area contributed by atoms with E-state index in [4.69, 9.17) is 4.74 Å². The maximum absolute atomic E-state index is 12.8. The van der Waals surface area contributed by atoms with E-state index >= 15 is 0 Å². The lowest BCUT2D eigenvalue weighted by Gasteiger charge is -2.17. The van der Waals surface area contributed by atoms with E-state index in [0.29, 0.717) is 18.8 Å². The first kappa shape index (κ1) is 15.5. The van der Waals surface area contributed by atoms with E-state index in [1.807, 2.05) is 35.2 Å². The average Bonchev–Trinajstić information content (AvgIpc) is 3.02. The largest absolute Gasteiger partial charge is 0.385 e. The summed E-state index contributed by atoms with van der Waals surface area (Å²) in [5.41, 5.74) is 3.60. The second kappa shape index (κ2) is 7.24. The van der Waals surface area contributed by atoms with Crippen molar-refractivity contribution in [1.82, 2.24) is 4.98 Å². The van der Waals surface area contributed by atoms with Gasteiger partial charge >= 0.3 is 0 Å². The summed E-state index contributed by atoms with van der Waals surface area (Å²) in [6, 6.07) is 11.7. The molecule has 1 aromatic heterocycles. The summed E-state index contributed by atoms with van der Waals surface area (Å²) in [5, 5.41) is 3.29. The van der Waals surface area contributed by atoms with E-state index in [0.717, 1.165) is 30.8 Å². The van der Waals surface area contributed by atoms with Crippen LogP contribution in [0.25, 0.3) is 0 Å². The van der Waals surface area contributed by atoms with Crippen LogP contribution in [0.2, 0.25) is 0 Å². The van der Waals surface area contributed by atoms with Gasteiger partial charge in [0.15, 0.2) is 0 Å². The number of nitrogens with zero attached hydrogens (tertiary/aromatic N) is 2. The number of nitrogens with one attached hydrogen (secondary N) is 1. The quantitative estimate of drug-likeness (QED) is 0.834. The van der Waals surface area contributed by atoms with Gasteiger partial charge in [-0.2, -0.15) is 0 Å². The molecule has 23 heavy (non-hydrogen) atoms. The molecule has 0 unspecified atom stereocenters. The number of aromatic nitrogens is 1. The second-order valence-corrected chi connectivity index (χ2v) is 5.54. The number of ether oxygens (including phenoxy) is 1. The number of pyridine rings is 1. The summed E-state index contributed by atoms with van der Waals surface area (Å²) >= 11 is 0. The number of para-hydroxylation sites is 1. The van der Waals surface area contributed by atoms with Crippen molar-refractivity contribution in [2.75, 3.05) is 37.0 Å². The first-order valence-electron chi connectivity index (χ1n) is 7.88. The van der Waals surface area contributed by atoms with Crippen molar-refractivity contribution in [3.8, 4) is 0 Å². The van der Waals surface area contributed by atoms with E-state index < -0.39 is 0 Å². The van der Waals surface area contributed by atoms with Gasteiger partial charge in [-0.05, 0) is 36.6 Å². The molecular weight excluding hydrogens is 290 g/mol. The summed E-state index contributed by atoms with van der Waals surface area (Å²) < 4.78 is 5.03. The predicted molar refractivity (Wildman–Crippen MR) is 91.0 cm³/mol. The number of amides is 1. The molecule has 1 N–H and O–H groups in total. The highest BCUT2D eigenvalue weighted by Gasteiger charge is 2.25. The van der Waals surface area contributed by atoms with E-state index in [1.54, 1.807) is 13.3 Å². The zero-order valence-electron chi connectivity index (χ0n) is 13.3. The highest BCUT2D eigenvalue weighted by Crippen LogP contribution is 2.28. The maximum atomic E-state index is 12.8. The Bertz CT molecular complexity index is 687. The molecule has 5 nitrogen and oxygen atoms in total. The average molecular weight is 311 g/mol. The SMILES string of the molecule is COCCCNc1ccnc(C(=O)N2CCc3ccccc32)c1. The third-order valence-electron chi connectivity index (χ3n) is 3.97. The lowest BCUT2D eigenvalue weighted by Crippen LogP contribution is -2.29. The highest BCUT2D eigenvalue weighted by atomic mass is 16.5. The number of carbonyl (C=O) groups is 1. The summed E-state index contributed by atoms with van der Waals surface area (Å²) in [7, 11) is 1.69. The number of benzene rings is 1. The molecule has 1 aromatic carbocycles. The van der Waals surface area contributed by atoms with Crippen molar-refractivity contribution < 1.29 is 9.53 Å². The number of rotatable bonds is 6. The zero-order valence-corrected chi connectivity index (χ0v) is 13.3. The van der Waals surface area contributed by atoms with Gasteiger partial charge < -0.3 is 15.0 Å². The van der Waals surface area contributed by atoms with E-state index in [9.17, 15) is 4.79 Å². The number of hydrogen-bond acceptors (Lipinski definition) is 4. The topological polar surface area (TPSA) is 54.5 Å². The van der Waals surface area contributed by atoms with Gasteiger partial charge in [0.05, 0.1) is 0 Å². The summed E-state index contributed by atoms with van der Waals surface area (Å²) in [5.74, 6) is -0.0458. The summed E-state index contributed by atoms with van der Waals surface area (Å²) in [6.07, 6.45) is 3.49. The molecule has 120 valence electrons. The first-order chi connectivity index (χ1) is 11.3. The predicted octanol–water partition coefficient (Wildman–Crippen LogP) is 2.73. The Labute approximate surface area is 136 Å². The van der Waals surface area contributed by atoms with E-state index in [-0.39, 0.29) is 5.91 Å². The number of methoxy groups -OCH3 is 1. The second-order valence-electron chi connectivity index (χ2n) is 5.54. The van der Waals surface area contributed by atoms with Crippen LogP contribution in [-0.4, -0.2) is 37.7 Å². The van der Waals surface area contributed by atoms with Crippen LogP contribution in [0, 0.1) is 0 Å². The minimum atomic E-state index is -0.0458. The molecule has 0 saturated heterocycles. The minimum absolute atomic E-state index is 0.0458. The fourth-order valence-electron chi connectivity index (χ4n) is 2.79. The Morgan fingerprint density at radius 1 is 1.35 bits per heavy atom. The van der Waals surface area contributed by atoms with Crippen LogP contribution in [0.1, 0.15) is 22.5 Å². The first-order valence-corrected chi connectivity index (χ1v) is 7.88. The van der Waals surface area contributed by atoms with Crippen LogP contribution in [0.3, 0.4) is 0 Å². The van der Waals surface area contributed by atoms with Crippen molar-refractivity contribution in [3.05, 3.63) is 53.9 Å². The maximum Gasteiger partial charge on any atom is 0.276 e. The fraction of sp³-hybridized carbons (Fsp3) is 0.333. The van der Waals surface area contributed by atoms with Gasteiger partial charge in [0.25, 0.3) is 5.91 Å². The van der Waals surface area contributed by atoms with E-state index in [2.05, 4.69) is 16.4 Å². The van der Waals surface area contributed by atoms with Gasteiger partial charge in [0.1, 0.15) is 5.69 Å². The summed E-state index contributed by atoms with van der Waals surface area (Å²) in [6.45, 7) is 2.23. The molecule has 0 bridgehead atoms. The van der Waals surface area contributed by atoms with E-state index in [1.165, 1.54) is 5.56 Å². The monoisotopic (exact) mass is 311 g/mol. The van der Waals surface area contributed by atoms with Gasteiger partial charge in [0.2, 0.25) is 0 Å². The molecule has 1 amide bonds. The van der Waals surface area contributed by atoms with Crippen LogP contribution in [0.4, 0.5) is 11.4 Å². The number of carbonyl (C=O) groups excluding carboxylic acids is 1. The molecule has 2 heterocycles. The molecule has 0 spiro atoms. The van der Waals surface area contributed by atoms with Crippen LogP contribution in [0.5, 0.6) is 0 Å². The van der Waals surface area contributed by atoms with Gasteiger partial charge in [-0.1, -0.05) is 18.2 Å². The lowest BCUT2D eigenvalue weighted by molar-refractivity contribution is 0.0984. The van der Waals surface area contributed by atoms with Crippen LogP contribution in [-0.2, 0) is 11.2 Å². The zero-order chi connectivity index (χ0) is 16.1. The van der Waals surface area contributed by atoms with Crippen LogP contribution in [0.15, 0.2) is 42.6 Å². The normalized spacial score (nSPS) is 13.0. The van der Waals surface area contributed by atoms with Crippen LogP contribution < -0.4 is 10.2 Å². The third kappa shape index (κ3) is 3.51. The molecule has 0 radical (unpaired) electrons. The van der Waals surface area contributed by atoms with Crippen molar-refractivity contribution in [2.24, 2.45) is 0 Å². The van der Waals surface area contributed by atoms with Crippen molar-refractivity contribution in [1.29, 1.82) is 0 Å². The van der Waals surface area contributed by atoms with Gasteiger partial charge in [0, 0.05) is 44.4 Å². The standard InChI is InChI=1S/C18H21N3O2/c1-23-12-4-9-19-15-7-10-20-16(13-15)18(22)21-11-8-14-5-2-3-6-17(14)21/h2-3,5-7,10,13H,4,8-9,11-12H2,1H3,(H,19,20). The van der Waals surface area contributed by atoms with Crippen molar-refractivity contribution in [3.63, 3.8) is 0 Å². The Morgan fingerprint density at radius 2 is 2.22 bits per heavy atom. The molecule has 0 atom stereocenters. The molecule has 5 heteroatoms. The number of anilines is 2. The molecular formula is C18H21N3O2. The Kier molecular flexibility index (Phi) is 4.88. The number of fused-ring (bicyclic) bond motifs is 1. The Balaban J connectivity index is 1.71. The van der Waals surface area contributed by atoms with Crippen LogP contribution >= 0.6 is 0 Å². The highest BCUT2D eigenvalue weighted by molar-refractivity contribution is 6.06. The molecule has 2 aromatic rings. The molecule has 3 rings (SSSR count). The minimum Gasteiger partial charge on any atom is -0.385 e. The van der Waals surface area contributed by atoms with Gasteiger partial charge in [-0.25, -0.2) is 0 Å². The van der Waals surface area contributed by atoms with Gasteiger partial charge in [-0.3, -0.25) is 9.78 Å².